The van der Waals surface area contributed by atoms with Gasteiger partial charge in [0.05, 0.1) is 27.3 Å². The number of hydrazone groups is 1. The molecule has 3 heterocycles. The molecule has 52 heavy (non-hydrogen) atoms. The first-order valence-electron chi connectivity index (χ1n) is 16.5. The Morgan fingerprint density at radius 1 is 0.942 bits per heavy atom. The standard InChI is InChI=1S/C37H30F3N7O5/c1-21(2)23-12-14-24(15-13-23)30-19-32(37(38,39)40)44-33(41-30)20-31(42-44)36(48)45-35(26-8-4-10-28(18-26)47(51)52)29-11-5-7-25(34(29)43-45)16-22-6-3-9-27(17-22)46(49)50/h3-4,6,8-10,12-21,29,35H,5,7,11H2,1-2H3/b25-16+/t29-,35+/m0/s1. The summed E-state index contributed by atoms with van der Waals surface area (Å²) in [5.74, 6) is -1.05. The number of aromatic nitrogens is 3. The van der Waals surface area contributed by atoms with E-state index in [1.165, 1.54) is 36.4 Å². The van der Waals surface area contributed by atoms with Crippen molar-refractivity contribution in [3.8, 4) is 11.3 Å². The minimum Gasteiger partial charge on any atom is -0.265 e. The zero-order valence-corrected chi connectivity index (χ0v) is 27.8. The van der Waals surface area contributed by atoms with E-state index in [2.05, 4.69) is 10.1 Å². The number of alkyl halides is 3. The molecule has 1 aliphatic heterocycles. The van der Waals surface area contributed by atoms with Crippen molar-refractivity contribution in [1.82, 2.24) is 19.6 Å². The predicted octanol–water partition coefficient (Wildman–Crippen LogP) is 8.79. The van der Waals surface area contributed by atoms with E-state index < -0.39 is 39.6 Å². The van der Waals surface area contributed by atoms with Gasteiger partial charge in [0.15, 0.2) is 17.0 Å². The number of nitrogens with zero attached hydrogens (tertiary/aromatic N) is 7. The molecule has 1 saturated carbocycles. The maximum absolute atomic E-state index is 14.5. The van der Waals surface area contributed by atoms with E-state index in [1.54, 1.807) is 36.4 Å². The van der Waals surface area contributed by atoms with Crippen molar-refractivity contribution >= 4 is 34.7 Å². The van der Waals surface area contributed by atoms with Crippen LogP contribution in [0.15, 0.2) is 95.6 Å². The first-order valence-corrected chi connectivity index (χ1v) is 16.5. The van der Waals surface area contributed by atoms with Crippen molar-refractivity contribution in [2.24, 2.45) is 11.0 Å². The molecule has 5 aromatic rings. The van der Waals surface area contributed by atoms with Gasteiger partial charge in [0, 0.05) is 41.8 Å². The van der Waals surface area contributed by atoms with Crippen molar-refractivity contribution in [1.29, 1.82) is 0 Å². The minimum atomic E-state index is -4.85. The molecule has 0 N–H and O–H groups in total. The van der Waals surface area contributed by atoms with Crippen LogP contribution in [-0.2, 0) is 6.18 Å². The van der Waals surface area contributed by atoms with Crippen molar-refractivity contribution in [3.63, 3.8) is 0 Å². The molecule has 1 fully saturated rings. The second-order valence-electron chi connectivity index (χ2n) is 13.1. The number of carbonyl (C=O) groups is 1. The number of non-ortho nitro benzene ring substituents is 2. The Hall–Kier alpha value is -6.25. The molecular weight excluding hydrogens is 679 g/mol. The number of nitro benzene ring substituents is 2. The molecule has 0 spiro atoms. The van der Waals surface area contributed by atoms with Gasteiger partial charge in [0.1, 0.15) is 0 Å². The summed E-state index contributed by atoms with van der Waals surface area (Å²) in [6.45, 7) is 4.01. The summed E-state index contributed by atoms with van der Waals surface area (Å²) in [6, 6.07) is 20.1. The predicted molar refractivity (Wildman–Crippen MR) is 185 cm³/mol. The van der Waals surface area contributed by atoms with Crippen molar-refractivity contribution in [2.45, 2.75) is 51.2 Å². The van der Waals surface area contributed by atoms with E-state index in [-0.39, 0.29) is 34.3 Å². The summed E-state index contributed by atoms with van der Waals surface area (Å²) < 4.78 is 44.0. The average Bonchev–Trinajstić information content (AvgIpc) is 3.73. The average molecular weight is 710 g/mol. The Bertz CT molecular complexity index is 2310. The van der Waals surface area contributed by atoms with Crippen LogP contribution in [0.4, 0.5) is 24.5 Å². The molecule has 0 unspecified atom stereocenters. The molecule has 2 atom stereocenters. The fourth-order valence-electron chi connectivity index (χ4n) is 6.84. The minimum absolute atomic E-state index is 0.0480. The van der Waals surface area contributed by atoms with Gasteiger partial charge >= 0.3 is 6.18 Å². The van der Waals surface area contributed by atoms with E-state index in [4.69, 9.17) is 5.10 Å². The highest BCUT2D eigenvalue weighted by Gasteiger charge is 2.45. The Morgan fingerprint density at radius 2 is 1.63 bits per heavy atom. The number of allylic oxidation sites excluding steroid dienone is 1. The van der Waals surface area contributed by atoms with Crippen LogP contribution in [0.3, 0.4) is 0 Å². The van der Waals surface area contributed by atoms with Gasteiger partial charge in [-0.25, -0.2) is 14.5 Å². The molecule has 2 aliphatic rings. The lowest BCUT2D eigenvalue weighted by atomic mass is 9.77. The number of amides is 1. The maximum atomic E-state index is 14.5. The summed E-state index contributed by atoms with van der Waals surface area (Å²) in [7, 11) is 0. The Morgan fingerprint density at radius 3 is 2.31 bits per heavy atom. The molecule has 264 valence electrons. The molecule has 0 radical (unpaired) electrons. The van der Waals surface area contributed by atoms with Crippen molar-refractivity contribution < 1.29 is 27.8 Å². The SMILES string of the molecule is CC(C)c1ccc(-c2cc(C(F)(F)F)n3nc(C(=O)N4N=C5/C(=C/c6cccc([N+](=O)[O-])c6)CCC[C@@H]5[C@H]4c4cccc([N+](=O)[O-])c4)cc3n2)cc1. The Balaban J connectivity index is 1.34. The molecule has 0 saturated heterocycles. The molecule has 0 bridgehead atoms. The number of fused-ring (bicyclic) bond motifs is 2. The largest absolute Gasteiger partial charge is 0.433 e. The van der Waals surface area contributed by atoms with Crippen LogP contribution >= 0.6 is 0 Å². The molecule has 1 amide bonds. The van der Waals surface area contributed by atoms with Gasteiger partial charge in [0.2, 0.25) is 0 Å². The summed E-state index contributed by atoms with van der Waals surface area (Å²) in [5, 5.41) is 33.1. The topological polar surface area (TPSA) is 149 Å². The van der Waals surface area contributed by atoms with Gasteiger partial charge in [-0.3, -0.25) is 25.0 Å². The fourth-order valence-corrected chi connectivity index (χ4v) is 6.84. The van der Waals surface area contributed by atoms with Crippen molar-refractivity contribution in [3.05, 3.63) is 139 Å². The highest BCUT2D eigenvalue weighted by molar-refractivity contribution is 6.09. The number of hydrogen-bond donors (Lipinski definition) is 0. The summed E-state index contributed by atoms with van der Waals surface area (Å²) >= 11 is 0. The summed E-state index contributed by atoms with van der Waals surface area (Å²) in [6.07, 6.45) is -1.34. The monoisotopic (exact) mass is 709 g/mol. The van der Waals surface area contributed by atoms with Crippen LogP contribution in [0.5, 0.6) is 0 Å². The molecule has 2 aromatic heterocycles. The number of rotatable bonds is 7. The molecular formula is C37H30F3N7O5. The third-order valence-electron chi connectivity index (χ3n) is 9.36. The Kier molecular flexibility index (Phi) is 8.64. The maximum Gasteiger partial charge on any atom is 0.433 e. The van der Waals surface area contributed by atoms with E-state index in [0.29, 0.717) is 51.8 Å². The van der Waals surface area contributed by atoms with Crippen LogP contribution < -0.4 is 0 Å². The Labute approximate surface area is 294 Å². The van der Waals surface area contributed by atoms with Gasteiger partial charge in [-0.2, -0.15) is 23.4 Å². The van der Waals surface area contributed by atoms with E-state index in [9.17, 15) is 38.2 Å². The van der Waals surface area contributed by atoms with Crippen LogP contribution in [0, 0.1) is 26.1 Å². The lowest BCUT2D eigenvalue weighted by molar-refractivity contribution is -0.385. The van der Waals surface area contributed by atoms with Gasteiger partial charge < -0.3 is 0 Å². The molecule has 1 aliphatic carbocycles. The highest BCUT2D eigenvalue weighted by atomic mass is 19.4. The van der Waals surface area contributed by atoms with Crippen LogP contribution in [0.25, 0.3) is 23.0 Å². The van der Waals surface area contributed by atoms with E-state index in [0.717, 1.165) is 16.6 Å². The smallest absolute Gasteiger partial charge is 0.265 e. The summed E-state index contributed by atoms with van der Waals surface area (Å²) in [5.41, 5.74) is 1.69. The summed E-state index contributed by atoms with van der Waals surface area (Å²) in [4.78, 5) is 40.9. The lowest BCUT2D eigenvalue weighted by Crippen LogP contribution is -2.32. The molecule has 3 aromatic carbocycles. The van der Waals surface area contributed by atoms with Crippen LogP contribution in [0.1, 0.15) is 77.9 Å². The molecule has 12 nitrogen and oxygen atoms in total. The fraction of sp³-hybridized carbons (Fsp3) is 0.243. The van der Waals surface area contributed by atoms with Crippen LogP contribution in [0.2, 0.25) is 0 Å². The molecule has 15 heteroatoms. The van der Waals surface area contributed by atoms with Crippen LogP contribution in [-0.4, -0.2) is 41.1 Å². The van der Waals surface area contributed by atoms with Gasteiger partial charge in [-0.1, -0.05) is 62.4 Å². The first-order chi connectivity index (χ1) is 24.8. The third-order valence-corrected chi connectivity index (χ3v) is 9.36. The van der Waals surface area contributed by atoms with Crippen molar-refractivity contribution in [2.75, 3.05) is 0 Å². The van der Waals surface area contributed by atoms with E-state index in [1.807, 2.05) is 26.0 Å². The second-order valence-corrected chi connectivity index (χ2v) is 13.1. The quantitative estimate of drug-likeness (QED) is 0.121. The lowest BCUT2D eigenvalue weighted by Gasteiger charge is -2.29. The number of halogens is 3. The number of benzene rings is 3. The van der Waals surface area contributed by atoms with Gasteiger partial charge in [-0.15, -0.1) is 0 Å². The highest BCUT2D eigenvalue weighted by Crippen LogP contribution is 2.45. The number of nitro groups is 2. The second kappa shape index (κ2) is 13.1. The normalized spacial score (nSPS) is 18.2. The number of carbonyl (C=O) groups excluding carboxylic acids is 1. The zero-order chi connectivity index (χ0) is 36.9. The zero-order valence-electron chi connectivity index (χ0n) is 27.8. The van der Waals surface area contributed by atoms with Gasteiger partial charge in [-0.05, 0) is 59.6 Å². The molecule has 7 rings (SSSR count). The first kappa shape index (κ1) is 34.2. The van der Waals surface area contributed by atoms with Gasteiger partial charge in [0.25, 0.3) is 17.3 Å². The third kappa shape index (κ3) is 6.40. The number of hydrogen-bond acceptors (Lipinski definition) is 8. The van der Waals surface area contributed by atoms with E-state index >= 15 is 0 Å².